The zero-order chi connectivity index (χ0) is 25.6. The van der Waals surface area contributed by atoms with Crippen LogP contribution in [0.3, 0.4) is 0 Å². The van der Waals surface area contributed by atoms with E-state index in [9.17, 15) is 13.6 Å². The van der Waals surface area contributed by atoms with Crippen LogP contribution in [-0.2, 0) is 17.8 Å². The molecule has 0 radical (unpaired) electrons. The zero-order valence-corrected chi connectivity index (χ0v) is 20.3. The van der Waals surface area contributed by atoms with Crippen molar-refractivity contribution >= 4 is 16.8 Å². The zero-order valence-electron chi connectivity index (χ0n) is 20.3. The van der Waals surface area contributed by atoms with E-state index in [-0.39, 0.29) is 29.9 Å². The van der Waals surface area contributed by atoms with E-state index in [0.29, 0.717) is 19.5 Å². The summed E-state index contributed by atoms with van der Waals surface area (Å²) in [5.41, 5.74) is 4.76. The number of amides is 1. The van der Waals surface area contributed by atoms with Crippen LogP contribution < -0.4 is 5.32 Å². The van der Waals surface area contributed by atoms with E-state index in [1.165, 1.54) is 24.3 Å². The second-order valence-electron chi connectivity index (χ2n) is 9.09. The first-order chi connectivity index (χ1) is 18.1. The van der Waals surface area contributed by atoms with E-state index in [1.807, 2.05) is 42.5 Å². The van der Waals surface area contributed by atoms with Crippen LogP contribution in [0, 0.1) is 11.6 Å². The Morgan fingerprint density at radius 3 is 2.30 bits per heavy atom. The first-order valence-corrected chi connectivity index (χ1v) is 12.3. The lowest BCUT2D eigenvalue weighted by Crippen LogP contribution is -2.27. The third-order valence-electron chi connectivity index (χ3n) is 6.55. The molecule has 6 heteroatoms. The summed E-state index contributed by atoms with van der Waals surface area (Å²) in [6.07, 6.45) is 4.66. The summed E-state index contributed by atoms with van der Waals surface area (Å²) in [6, 6.07) is 26.6. The molecule has 5 rings (SSSR count). The fourth-order valence-electron chi connectivity index (χ4n) is 4.71. The second-order valence-corrected chi connectivity index (χ2v) is 9.09. The number of benzene rings is 3. The number of hydrogen-bond donors (Lipinski definition) is 1. The number of hydrogen-bond acceptors (Lipinski definition) is 2. The van der Waals surface area contributed by atoms with Crippen molar-refractivity contribution in [3.63, 3.8) is 0 Å². The van der Waals surface area contributed by atoms with Crippen molar-refractivity contribution in [2.45, 2.75) is 25.3 Å². The first-order valence-electron chi connectivity index (χ1n) is 12.3. The molecule has 1 N–H and O–H groups in total. The molecule has 0 aliphatic rings. The predicted octanol–water partition coefficient (Wildman–Crippen LogP) is 6.24. The van der Waals surface area contributed by atoms with Gasteiger partial charge in [-0.15, -0.1) is 0 Å². The highest BCUT2D eigenvalue weighted by molar-refractivity contribution is 5.86. The number of fused-ring (bicyclic) bond motifs is 1. The van der Waals surface area contributed by atoms with E-state index in [0.717, 1.165) is 33.3 Å². The fraction of sp³-hybridized carbons (Fsp3) is 0.161. The van der Waals surface area contributed by atoms with Crippen molar-refractivity contribution in [1.29, 1.82) is 0 Å². The molecule has 4 nitrogen and oxygen atoms in total. The number of aromatic nitrogens is 2. The number of pyridine rings is 1. The Hall–Kier alpha value is -4.32. The maximum Gasteiger partial charge on any atom is 0.220 e. The van der Waals surface area contributed by atoms with Gasteiger partial charge in [-0.3, -0.25) is 9.78 Å². The van der Waals surface area contributed by atoms with Gasteiger partial charge in [-0.1, -0.05) is 48.5 Å². The van der Waals surface area contributed by atoms with E-state index in [1.54, 1.807) is 30.5 Å². The summed E-state index contributed by atoms with van der Waals surface area (Å²) in [5.74, 6) is -0.941. The van der Waals surface area contributed by atoms with E-state index in [4.69, 9.17) is 0 Å². The molecule has 0 spiro atoms. The summed E-state index contributed by atoms with van der Waals surface area (Å²) in [6.45, 7) is 1.05. The smallest absolute Gasteiger partial charge is 0.220 e. The molecule has 0 aliphatic carbocycles. The van der Waals surface area contributed by atoms with Gasteiger partial charge in [-0.05, 0) is 59.2 Å². The van der Waals surface area contributed by atoms with E-state index >= 15 is 0 Å². The van der Waals surface area contributed by atoms with Gasteiger partial charge in [-0.2, -0.15) is 0 Å². The van der Waals surface area contributed by atoms with Gasteiger partial charge in [0, 0.05) is 60.8 Å². The third kappa shape index (κ3) is 5.92. The molecule has 0 aliphatic heterocycles. The van der Waals surface area contributed by atoms with Gasteiger partial charge >= 0.3 is 0 Å². The molecule has 1 amide bonds. The van der Waals surface area contributed by atoms with Gasteiger partial charge in [0.15, 0.2) is 0 Å². The van der Waals surface area contributed by atoms with Gasteiger partial charge in [-0.25, -0.2) is 8.78 Å². The number of carbonyl (C=O) groups excluding carboxylic acids is 1. The number of carbonyl (C=O) groups is 1. The Morgan fingerprint density at radius 2 is 1.57 bits per heavy atom. The van der Waals surface area contributed by atoms with Gasteiger partial charge in [0.05, 0.1) is 0 Å². The highest BCUT2D eigenvalue weighted by atomic mass is 19.1. The van der Waals surface area contributed by atoms with Gasteiger partial charge in [0.25, 0.3) is 0 Å². The molecule has 5 aromatic rings. The SMILES string of the molecule is O=C(CC(c1ccc(F)cc1)c1cn(Cc2ccc(F)cc2)c2ccccc12)NCCc1ccccn1. The molecule has 0 saturated carbocycles. The Labute approximate surface area is 214 Å². The topological polar surface area (TPSA) is 46.9 Å². The molecular weight excluding hydrogens is 468 g/mol. The Morgan fingerprint density at radius 1 is 0.865 bits per heavy atom. The van der Waals surface area contributed by atoms with Gasteiger partial charge in [0.2, 0.25) is 5.91 Å². The summed E-state index contributed by atoms with van der Waals surface area (Å²) < 4.78 is 29.3. The Balaban J connectivity index is 1.44. The molecule has 0 saturated heterocycles. The van der Waals surface area contributed by atoms with Crippen LogP contribution >= 0.6 is 0 Å². The molecule has 37 heavy (non-hydrogen) atoms. The predicted molar refractivity (Wildman–Crippen MR) is 141 cm³/mol. The van der Waals surface area contributed by atoms with Crippen LogP contribution in [0.2, 0.25) is 0 Å². The Kier molecular flexibility index (Phi) is 7.36. The van der Waals surface area contributed by atoms with Crippen LogP contribution in [-0.4, -0.2) is 22.0 Å². The monoisotopic (exact) mass is 495 g/mol. The largest absolute Gasteiger partial charge is 0.356 e. The first kappa shape index (κ1) is 24.4. The lowest BCUT2D eigenvalue weighted by molar-refractivity contribution is -0.121. The lowest BCUT2D eigenvalue weighted by Gasteiger charge is -2.17. The normalized spacial score (nSPS) is 11.9. The van der Waals surface area contributed by atoms with Crippen LogP contribution in [0.1, 0.15) is 34.7 Å². The van der Waals surface area contributed by atoms with Crippen LogP contribution in [0.5, 0.6) is 0 Å². The van der Waals surface area contributed by atoms with E-state index < -0.39 is 0 Å². The van der Waals surface area contributed by atoms with Crippen molar-refractivity contribution in [1.82, 2.24) is 14.9 Å². The van der Waals surface area contributed by atoms with E-state index in [2.05, 4.69) is 21.1 Å². The summed E-state index contributed by atoms with van der Waals surface area (Å²) >= 11 is 0. The van der Waals surface area contributed by atoms with Crippen LogP contribution in [0.4, 0.5) is 8.78 Å². The van der Waals surface area contributed by atoms with Crippen molar-refractivity contribution < 1.29 is 13.6 Å². The minimum atomic E-state index is -0.318. The van der Waals surface area contributed by atoms with Crippen LogP contribution in [0.15, 0.2) is 103 Å². The lowest BCUT2D eigenvalue weighted by atomic mass is 9.88. The Bertz CT molecular complexity index is 1480. The number of nitrogens with zero attached hydrogens (tertiary/aromatic N) is 2. The fourth-order valence-corrected chi connectivity index (χ4v) is 4.71. The average Bonchev–Trinajstić information content (AvgIpc) is 3.28. The average molecular weight is 496 g/mol. The highest BCUT2D eigenvalue weighted by Gasteiger charge is 2.23. The standard InChI is InChI=1S/C31H27F2N3O/c32-24-12-8-22(9-13-24)20-36-21-29(27-6-1-2-7-30(27)36)28(23-10-14-25(33)15-11-23)19-31(37)35-18-16-26-5-3-4-17-34-26/h1-15,17,21,28H,16,18-20H2,(H,35,37). The minimum absolute atomic E-state index is 0.0828. The summed E-state index contributed by atoms with van der Waals surface area (Å²) in [4.78, 5) is 17.4. The molecule has 2 aromatic heterocycles. The maximum absolute atomic E-state index is 13.8. The molecule has 3 aromatic carbocycles. The molecular formula is C31H27F2N3O. The quantitative estimate of drug-likeness (QED) is 0.263. The van der Waals surface area contributed by atoms with Crippen molar-refractivity contribution in [2.75, 3.05) is 6.54 Å². The molecule has 2 heterocycles. The van der Waals surface area contributed by atoms with Crippen molar-refractivity contribution in [3.8, 4) is 0 Å². The molecule has 1 atom stereocenters. The van der Waals surface area contributed by atoms with Crippen molar-refractivity contribution in [2.24, 2.45) is 0 Å². The number of para-hydroxylation sites is 1. The summed E-state index contributed by atoms with van der Waals surface area (Å²) in [7, 11) is 0. The minimum Gasteiger partial charge on any atom is -0.356 e. The highest BCUT2D eigenvalue weighted by Crippen LogP contribution is 2.35. The maximum atomic E-state index is 13.8. The number of nitrogens with one attached hydrogen (secondary N) is 1. The number of halogens is 2. The molecule has 1 unspecified atom stereocenters. The molecule has 0 fully saturated rings. The number of rotatable bonds is 9. The van der Waals surface area contributed by atoms with Gasteiger partial charge < -0.3 is 9.88 Å². The molecule has 186 valence electrons. The van der Waals surface area contributed by atoms with Gasteiger partial charge in [0.1, 0.15) is 11.6 Å². The summed E-state index contributed by atoms with van der Waals surface area (Å²) in [5, 5.41) is 4.05. The second kappa shape index (κ2) is 11.2. The third-order valence-corrected chi connectivity index (χ3v) is 6.55. The molecule has 0 bridgehead atoms. The van der Waals surface area contributed by atoms with Crippen LogP contribution in [0.25, 0.3) is 10.9 Å². The van der Waals surface area contributed by atoms with Crippen molar-refractivity contribution in [3.05, 3.63) is 137 Å².